The van der Waals surface area contributed by atoms with Gasteiger partial charge < -0.3 is 118 Å². The lowest BCUT2D eigenvalue weighted by molar-refractivity contribution is -0.141. The van der Waals surface area contributed by atoms with E-state index in [1.165, 1.54) is 36.4 Å². The van der Waals surface area contributed by atoms with Crippen molar-refractivity contribution in [3.05, 3.63) is 156 Å². The minimum atomic E-state index is -1.96. The number of carbonyl (C=O) groups is 13. The van der Waals surface area contributed by atoms with Gasteiger partial charge in [0.25, 0.3) is 0 Å². The molecular formula is C78H109N23O15S. The molecule has 38 nitrogen and oxygen atoms in total. The normalized spacial score (nSPS) is 13.9. The van der Waals surface area contributed by atoms with Gasteiger partial charge in [0.2, 0.25) is 70.9 Å². The highest BCUT2D eigenvalue weighted by molar-refractivity contribution is 7.98. The number of phenolic OH excluding ortho intramolecular Hbond substituents is 1. The third-order valence-electron chi connectivity index (χ3n) is 18.7. The van der Waals surface area contributed by atoms with Gasteiger partial charge in [0.05, 0.1) is 31.0 Å². The quantitative estimate of drug-likeness (QED) is 0.0106. The van der Waals surface area contributed by atoms with E-state index >= 15 is 14.4 Å². The van der Waals surface area contributed by atoms with Crippen LogP contribution in [0.3, 0.4) is 0 Å². The molecule has 2 aromatic heterocycles. The fourth-order valence-electron chi connectivity index (χ4n) is 12.4. The highest BCUT2D eigenvalue weighted by Gasteiger charge is 2.38. The summed E-state index contributed by atoms with van der Waals surface area (Å²) >= 11 is 1.35. The number of aromatic hydroxyl groups is 1. The molecule has 39 heteroatoms. The summed E-state index contributed by atoms with van der Waals surface area (Å²) in [6, 6.07) is 13.9. The maximum absolute atomic E-state index is 15.2. The number of fused-ring (bicyclic) bond motifs is 1. The van der Waals surface area contributed by atoms with Crippen LogP contribution >= 0.6 is 11.8 Å². The number of amides is 12. The van der Waals surface area contributed by atoms with Crippen LogP contribution in [0, 0.1) is 16.7 Å². The SMILES string of the molecule is CSCC[C@H](NC(=O)[C@@H](NC(=O)[C@H](Cc1ccc(O)cc1)NC(=O)[C@@H](N)CCCCN)C(C)C)C(=O)NCC(=O)N[C@@H](Cc1c[nH]cn1)C(=O)N[C@@H](Cc1ccccc1)C(=O)N[C@@H](CCCNC(=N)N)C(=O)N[C@@H](Cc1c[nH]c2ccccc12)C(=O)N[C@@H](CC(=O)O)C(=O)N[C@@H](CCCNC(=N)N)C(=O)N[C@@H](Cc1ccccc1)C(N)=O. The number of carboxylic acids is 1. The second kappa shape index (κ2) is 48.5. The Morgan fingerprint density at radius 3 is 1.46 bits per heavy atom. The number of thioether (sulfide) groups is 1. The maximum Gasteiger partial charge on any atom is 0.305 e. The van der Waals surface area contributed by atoms with E-state index in [0.29, 0.717) is 58.3 Å². The van der Waals surface area contributed by atoms with Crippen LogP contribution in [0.5, 0.6) is 5.75 Å². The molecule has 0 aliphatic rings. The summed E-state index contributed by atoms with van der Waals surface area (Å²) in [5.41, 5.74) is 31.7. The highest BCUT2D eigenvalue weighted by Crippen LogP contribution is 2.21. The molecule has 0 spiro atoms. The summed E-state index contributed by atoms with van der Waals surface area (Å²) in [5.74, 6) is -13.6. The monoisotopic (exact) mass is 1640 g/mol. The molecule has 4 aromatic carbocycles. The summed E-state index contributed by atoms with van der Waals surface area (Å²) < 4.78 is 0. The molecule has 0 radical (unpaired) electrons. The topological polar surface area (TPSA) is 641 Å². The minimum absolute atomic E-state index is 0.0190. The van der Waals surface area contributed by atoms with Crippen molar-refractivity contribution in [2.24, 2.45) is 34.6 Å². The van der Waals surface area contributed by atoms with Gasteiger partial charge >= 0.3 is 5.97 Å². The van der Waals surface area contributed by atoms with E-state index in [4.69, 9.17) is 39.5 Å². The van der Waals surface area contributed by atoms with Gasteiger partial charge in [-0.1, -0.05) is 111 Å². The molecule has 6 rings (SSSR count). The third kappa shape index (κ3) is 32.6. The van der Waals surface area contributed by atoms with Gasteiger partial charge in [-0.15, -0.1) is 0 Å². The summed E-state index contributed by atoms with van der Waals surface area (Å²) in [7, 11) is 0. The van der Waals surface area contributed by atoms with Crippen molar-refractivity contribution < 1.29 is 72.5 Å². The van der Waals surface area contributed by atoms with Gasteiger partial charge in [-0.3, -0.25) is 73.1 Å². The van der Waals surface area contributed by atoms with Crippen molar-refractivity contribution in [3.8, 4) is 5.75 Å². The highest BCUT2D eigenvalue weighted by atomic mass is 32.2. The third-order valence-corrected chi connectivity index (χ3v) is 19.3. The standard InChI is InChI=1S/C78H109N23O15S/c1-44(2)65(101-75(115)59(36-47-25-27-50(102)28-26-47)97-67(107)52(80)21-12-13-30-79)76(116)95-56(29-33-117-3)68(108)90-42-63(103)92-61(38-49-41-86-43-91-49)73(113)98-58(35-46-18-8-5-9-19-46)71(111)93-55(24-15-32-88-78(84)85)70(110)99-60(37-48-40-89-53-22-11-10-20-51(48)53)72(112)100-62(39-64(104)105)74(114)94-54(23-14-31-87-77(82)83)69(109)96-57(66(81)106)34-45-16-6-4-7-17-45/h4-11,16-20,22,25-28,40-41,43-44,52,54-62,65,89,102H,12-15,21,23-24,29-39,42,79-80H2,1-3H3,(H2,81,106)(H,86,91)(H,90,108)(H,92,103)(H,93,111)(H,94,114)(H,95,116)(H,96,109)(H,97,107)(H,98,113)(H,99,110)(H,100,112)(H,101,115)(H,104,105)(H4,82,83,87)(H4,84,85,88)/t52-,54-,55-,56-,57-,58-,59-,60-,61-,62-,65-/m0/s1. The maximum atomic E-state index is 15.2. The molecule has 0 saturated heterocycles. The summed E-state index contributed by atoms with van der Waals surface area (Å²) in [5, 5.41) is 70.3. The molecule has 29 N–H and O–H groups in total. The summed E-state index contributed by atoms with van der Waals surface area (Å²) in [6.45, 7) is 2.95. The number of benzene rings is 4. The number of imidazole rings is 1. The molecule has 0 aliphatic carbocycles. The Bertz CT molecular complexity index is 4310. The van der Waals surface area contributed by atoms with Crippen molar-refractivity contribution in [1.29, 1.82) is 10.8 Å². The molecule has 2 heterocycles. The number of H-pyrrole nitrogens is 2. The van der Waals surface area contributed by atoms with Crippen molar-refractivity contribution in [3.63, 3.8) is 0 Å². The second-order valence-electron chi connectivity index (χ2n) is 28.3. The largest absolute Gasteiger partial charge is 0.508 e. The van der Waals surface area contributed by atoms with Crippen LogP contribution < -0.4 is 97.8 Å². The first-order valence-corrected chi connectivity index (χ1v) is 39.6. The molecule has 632 valence electrons. The first-order valence-electron chi connectivity index (χ1n) is 38.2. The number of aromatic nitrogens is 3. The van der Waals surface area contributed by atoms with E-state index in [1.54, 1.807) is 123 Å². The first kappa shape index (κ1) is 93.2. The van der Waals surface area contributed by atoms with E-state index < -0.39 is 174 Å². The van der Waals surface area contributed by atoms with Crippen LogP contribution in [0.4, 0.5) is 0 Å². The van der Waals surface area contributed by atoms with E-state index in [-0.39, 0.29) is 95.2 Å². The van der Waals surface area contributed by atoms with Gasteiger partial charge in [0, 0.05) is 68.5 Å². The van der Waals surface area contributed by atoms with Gasteiger partial charge in [-0.05, 0) is 110 Å². The van der Waals surface area contributed by atoms with Crippen molar-refractivity contribution >= 4 is 111 Å². The van der Waals surface area contributed by atoms with E-state index in [0.717, 1.165) is 0 Å². The molecule has 0 saturated carbocycles. The number of aromatic amines is 2. The number of phenols is 1. The van der Waals surface area contributed by atoms with Crippen LogP contribution in [0.2, 0.25) is 0 Å². The van der Waals surface area contributed by atoms with Crippen LogP contribution in [-0.2, 0) is 94.4 Å². The number of para-hydroxylation sites is 1. The van der Waals surface area contributed by atoms with Crippen molar-refractivity contribution in [2.75, 3.05) is 38.2 Å². The number of primary amides is 1. The number of nitrogens with zero attached hydrogens (tertiary/aromatic N) is 1. The first-order chi connectivity index (χ1) is 55.9. The summed E-state index contributed by atoms with van der Waals surface area (Å²) in [6.07, 6.45) is 5.25. The Hall–Kier alpha value is -12.7. The molecule has 6 aromatic rings. The van der Waals surface area contributed by atoms with Crippen LogP contribution in [-0.4, -0.2) is 219 Å². The fourth-order valence-corrected chi connectivity index (χ4v) is 12.9. The number of carboxylic acid groups (broad SMARTS) is 1. The lowest BCUT2D eigenvalue weighted by Gasteiger charge is -2.28. The Balaban J connectivity index is 1.24. The molecule has 0 fully saturated rings. The second-order valence-corrected chi connectivity index (χ2v) is 29.3. The lowest BCUT2D eigenvalue weighted by atomic mass is 10.00. The van der Waals surface area contributed by atoms with Gasteiger partial charge in [0.15, 0.2) is 11.9 Å². The van der Waals surface area contributed by atoms with Crippen molar-refractivity contribution in [2.45, 2.75) is 170 Å². The fraction of sp³-hybridized carbons (Fsp3) is 0.436. The van der Waals surface area contributed by atoms with Crippen LogP contribution in [0.1, 0.15) is 99.6 Å². The number of guanidine groups is 2. The predicted molar refractivity (Wildman–Crippen MR) is 437 cm³/mol. The number of unbranched alkanes of at least 4 members (excludes halogenated alkanes) is 1. The molecule has 12 amide bonds. The number of carbonyl (C=O) groups excluding carboxylic acids is 12. The van der Waals surface area contributed by atoms with Crippen LogP contribution in [0.15, 0.2) is 128 Å². The number of hydrogen-bond acceptors (Lipinski definition) is 20. The molecule has 0 aliphatic heterocycles. The molecule has 11 atom stereocenters. The van der Waals surface area contributed by atoms with Gasteiger partial charge in [-0.25, -0.2) is 4.98 Å². The van der Waals surface area contributed by atoms with Crippen molar-refractivity contribution in [1.82, 2.24) is 84.1 Å². The molecular weight excluding hydrogens is 1530 g/mol. The Morgan fingerprint density at radius 2 is 0.940 bits per heavy atom. The van der Waals surface area contributed by atoms with Gasteiger partial charge in [0.1, 0.15) is 66.2 Å². The number of rotatable bonds is 51. The smallest absolute Gasteiger partial charge is 0.305 e. The van der Waals surface area contributed by atoms with Crippen LogP contribution in [0.25, 0.3) is 10.9 Å². The molecule has 117 heavy (non-hydrogen) atoms. The molecule has 0 bridgehead atoms. The van der Waals surface area contributed by atoms with E-state index in [1.807, 2.05) is 0 Å². The average Bonchev–Trinajstić information content (AvgIpc) is 1.69. The lowest BCUT2D eigenvalue weighted by Crippen LogP contribution is -2.61. The predicted octanol–water partition coefficient (Wildman–Crippen LogP) is -2.57. The Kier molecular flexibility index (Phi) is 38.7. The number of nitrogens with two attached hydrogens (primary N) is 5. The molecule has 0 unspecified atom stereocenters. The Morgan fingerprint density at radius 1 is 0.479 bits per heavy atom. The number of aliphatic carboxylic acids is 1. The zero-order valence-corrected chi connectivity index (χ0v) is 66.2. The summed E-state index contributed by atoms with van der Waals surface area (Å²) in [4.78, 5) is 194. The zero-order valence-electron chi connectivity index (χ0n) is 65.4. The van der Waals surface area contributed by atoms with Gasteiger partial charge in [-0.2, -0.15) is 11.8 Å². The number of nitrogens with one attached hydrogen (secondary N) is 17. The zero-order chi connectivity index (χ0) is 85.5. The number of hydrogen-bond donors (Lipinski definition) is 24. The minimum Gasteiger partial charge on any atom is -0.508 e. The average molecular weight is 1640 g/mol. The Labute approximate surface area is 680 Å². The van der Waals surface area contributed by atoms with E-state index in [2.05, 4.69) is 84.1 Å². The van der Waals surface area contributed by atoms with E-state index in [9.17, 15) is 58.2 Å².